The Kier molecular flexibility index (Phi) is 5.64. The molecule has 0 radical (unpaired) electrons. The lowest BCUT2D eigenvalue weighted by molar-refractivity contribution is -0.136. The van der Waals surface area contributed by atoms with E-state index in [-0.39, 0.29) is 5.91 Å². The number of likely N-dealkylation sites (tertiary alicyclic amines) is 1. The number of carbonyl (C=O) groups excluding carboxylic acids is 1. The third-order valence-corrected chi connectivity index (χ3v) is 5.15. The number of nitrogens with zero attached hydrogens (tertiary/aromatic N) is 2. The number of amides is 1. The van der Waals surface area contributed by atoms with E-state index in [1.165, 1.54) is 6.42 Å². The second-order valence-corrected chi connectivity index (χ2v) is 7.24. The maximum absolute atomic E-state index is 12.8. The number of hydrogen-bond acceptors (Lipinski definition) is 3. The summed E-state index contributed by atoms with van der Waals surface area (Å²) >= 11 is 3.41. The van der Waals surface area contributed by atoms with Gasteiger partial charge in [-0.15, -0.1) is 0 Å². The molecule has 1 saturated heterocycles. The predicted octanol–water partition coefficient (Wildman–Crippen LogP) is 2.57. The maximum atomic E-state index is 12.8. The predicted molar refractivity (Wildman–Crippen MR) is 93.6 cm³/mol. The van der Waals surface area contributed by atoms with Crippen molar-refractivity contribution >= 4 is 21.8 Å². The van der Waals surface area contributed by atoms with Crippen molar-refractivity contribution in [3.8, 4) is 0 Å². The topological polar surface area (TPSA) is 49.6 Å². The molecule has 1 aliphatic heterocycles. The lowest BCUT2D eigenvalue weighted by atomic mass is 9.91. The highest BCUT2D eigenvalue weighted by Crippen LogP contribution is 2.24. The van der Waals surface area contributed by atoms with Crippen molar-refractivity contribution in [2.45, 2.75) is 38.3 Å². The van der Waals surface area contributed by atoms with Gasteiger partial charge in [0, 0.05) is 24.1 Å². The molecular formula is C17H26BrN3O. The lowest BCUT2D eigenvalue weighted by Crippen LogP contribution is -2.52. The second kappa shape index (κ2) is 7.11. The Balaban J connectivity index is 2.07. The molecule has 122 valence electrons. The van der Waals surface area contributed by atoms with Gasteiger partial charge in [-0.25, -0.2) is 0 Å². The summed E-state index contributed by atoms with van der Waals surface area (Å²) in [5, 5.41) is 0. The van der Waals surface area contributed by atoms with Gasteiger partial charge in [0.1, 0.15) is 5.54 Å². The largest absolute Gasteiger partial charge is 0.342 e. The minimum Gasteiger partial charge on any atom is -0.342 e. The Morgan fingerprint density at radius 1 is 1.45 bits per heavy atom. The molecule has 1 fully saturated rings. The molecule has 2 rings (SSSR count). The van der Waals surface area contributed by atoms with Crippen LogP contribution in [0.5, 0.6) is 0 Å². The summed E-state index contributed by atoms with van der Waals surface area (Å²) in [5.41, 5.74) is 6.20. The highest BCUT2D eigenvalue weighted by atomic mass is 79.9. The van der Waals surface area contributed by atoms with Gasteiger partial charge in [-0.2, -0.15) is 0 Å². The molecular weight excluding hydrogens is 342 g/mol. The second-order valence-electron chi connectivity index (χ2n) is 6.32. The minimum atomic E-state index is -0.995. The molecule has 0 saturated carbocycles. The van der Waals surface area contributed by atoms with Crippen LogP contribution in [0.25, 0.3) is 0 Å². The fourth-order valence-electron chi connectivity index (χ4n) is 3.23. The Labute approximate surface area is 141 Å². The Bertz CT molecular complexity index is 515. The minimum absolute atomic E-state index is 0.0298. The van der Waals surface area contributed by atoms with E-state index in [2.05, 4.69) is 27.8 Å². The van der Waals surface area contributed by atoms with E-state index in [1.54, 1.807) is 11.8 Å². The summed E-state index contributed by atoms with van der Waals surface area (Å²) in [5.74, 6) is -0.0298. The molecule has 4 nitrogen and oxygen atoms in total. The Hall–Kier alpha value is -0.910. The van der Waals surface area contributed by atoms with Crippen LogP contribution in [0, 0.1) is 0 Å². The fourth-order valence-corrected chi connectivity index (χ4v) is 3.50. The first-order valence-electron chi connectivity index (χ1n) is 7.90. The molecule has 0 aliphatic carbocycles. The smallest absolute Gasteiger partial charge is 0.246 e. The number of carbonyl (C=O) groups is 1. The van der Waals surface area contributed by atoms with Crippen LogP contribution in [0.1, 0.15) is 32.3 Å². The van der Waals surface area contributed by atoms with Gasteiger partial charge in [0.25, 0.3) is 0 Å². The van der Waals surface area contributed by atoms with Gasteiger partial charge in [-0.3, -0.25) is 9.69 Å². The summed E-state index contributed by atoms with van der Waals surface area (Å²) < 4.78 is 0.984. The lowest BCUT2D eigenvalue weighted by Gasteiger charge is -2.33. The zero-order valence-electron chi connectivity index (χ0n) is 13.7. The zero-order valence-corrected chi connectivity index (χ0v) is 15.3. The number of hydrogen-bond donors (Lipinski definition) is 1. The molecule has 0 spiro atoms. The van der Waals surface area contributed by atoms with E-state index < -0.39 is 5.54 Å². The molecule has 2 atom stereocenters. The molecule has 2 unspecified atom stereocenters. The summed E-state index contributed by atoms with van der Waals surface area (Å²) in [6, 6.07) is 8.11. The highest BCUT2D eigenvalue weighted by molar-refractivity contribution is 9.10. The van der Waals surface area contributed by atoms with Gasteiger partial charge in [-0.05, 0) is 50.6 Å². The summed E-state index contributed by atoms with van der Waals surface area (Å²) in [7, 11) is 1.86. The molecule has 1 heterocycles. The SMILES string of the molecule is CCN1CCCC1CN(C)C(=O)C(C)(N)c1ccc(Br)cc1. The van der Waals surface area contributed by atoms with Gasteiger partial charge >= 0.3 is 0 Å². The van der Waals surface area contributed by atoms with Gasteiger partial charge < -0.3 is 10.6 Å². The van der Waals surface area contributed by atoms with Gasteiger partial charge in [0.2, 0.25) is 5.91 Å². The average molecular weight is 368 g/mol. The van der Waals surface area contributed by atoms with Crippen molar-refractivity contribution in [3.05, 3.63) is 34.3 Å². The van der Waals surface area contributed by atoms with Gasteiger partial charge in [-0.1, -0.05) is 35.0 Å². The van der Waals surface area contributed by atoms with Crippen molar-refractivity contribution in [1.29, 1.82) is 0 Å². The standard InChI is InChI=1S/C17H26BrN3O/c1-4-21-11-5-6-15(21)12-20(3)16(22)17(2,19)13-7-9-14(18)10-8-13/h7-10,15H,4-6,11-12,19H2,1-3H3. The van der Waals surface area contributed by atoms with Crippen LogP contribution < -0.4 is 5.73 Å². The number of nitrogens with two attached hydrogens (primary N) is 1. The molecule has 1 aromatic rings. The van der Waals surface area contributed by atoms with Crippen LogP contribution in [-0.2, 0) is 10.3 Å². The number of benzene rings is 1. The highest BCUT2D eigenvalue weighted by Gasteiger charge is 2.35. The van der Waals surface area contributed by atoms with Crippen molar-refractivity contribution in [2.24, 2.45) is 5.73 Å². The van der Waals surface area contributed by atoms with E-state index in [4.69, 9.17) is 5.73 Å². The normalized spacial score (nSPS) is 21.6. The quantitative estimate of drug-likeness (QED) is 0.869. The summed E-state index contributed by atoms with van der Waals surface area (Å²) in [6.45, 7) is 6.89. The molecule has 5 heteroatoms. The molecule has 1 aromatic carbocycles. The monoisotopic (exact) mass is 367 g/mol. The van der Waals surface area contributed by atoms with Crippen molar-refractivity contribution in [2.75, 3.05) is 26.7 Å². The summed E-state index contributed by atoms with van der Waals surface area (Å²) in [6.07, 6.45) is 2.37. The third kappa shape index (κ3) is 3.70. The van der Waals surface area contributed by atoms with Gasteiger partial charge in [0.05, 0.1) is 0 Å². The molecule has 2 N–H and O–H groups in total. The molecule has 1 aliphatic rings. The van der Waals surface area contributed by atoms with Crippen LogP contribution in [0.3, 0.4) is 0 Å². The first-order chi connectivity index (χ1) is 10.4. The molecule has 22 heavy (non-hydrogen) atoms. The van der Waals surface area contributed by atoms with E-state index in [0.717, 1.165) is 36.1 Å². The van der Waals surface area contributed by atoms with Crippen LogP contribution in [0.4, 0.5) is 0 Å². The van der Waals surface area contributed by atoms with E-state index in [9.17, 15) is 4.79 Å². The van der Waals surface area contributed by atoms with Crippen LogP contribution in [0.15, 0.2) is 28.7 Å². The van der Waals surface area contributed by atoms with Crippen molar-refractivity contribution < 1.29 is 4.79 Å². The number of halogens is 1. The van der Waals surface area contributed by atoms with Crippen molar-refractivity contribution in [3.63, 3.8) is 0 Å². The van der Waals surface area contributed by atoms with Gasteiger partial charge in [0.15, 0.2) is 0 Å². The van der Waals surface area contributed by atoms with E-state index >= 15 is 0 Å². The zero-order chi connectivity index (χ0) is 16.3. The molecule has 0 bridgehead atoms. The first-order valence-corrected chi connectivity index (χ1v) is 8.70. The fraction of sp³-hybridized carbons (Fsp3) is 0.588. The average Bonchev–Trinajstić information content (AvgIpc) is 2.94. The Morgan fingerprint density at radius 2 is 2.09 bits per heavy atom. The molecule has 1 amide bonds. The third-order valence-electron chi connectivity index (χ3n) is 4.62. The van der Waals surface area contributed by atoms with Crippen LogP contribution in [0.2, 0.25) is 0 Å². The summed E-state index contributed by atoms with van der Waals surface area (Å²) in [4.78, 5) is 17.0. The number of likely N-dealkylation sites (N-methyl/N-ethyl adjacent to an activating group) is 2. The number of rotatable bonds is 5. The van der Waals surface area contributed by atoms with E-state index in [0.29, 0.717) is 6.04 Å². The van der Waals surface area contributed by atoms with Crippen LogP contribution >= 0.6 is 15.9 Å². The van der Waals surface area contributed by atoms with Crippen LogP contribution in [-0.4, -0.2) is 48.4 Å². The van der Waals surface area contributed by atoms with E-state index in [1.807, 2.05) is 31.3 Å². The van der Waals surface area contributed by atoms with Crippen molar-refractivity contribution in [1.82, 2.24) is 9.80 Å². The Morgan fingerprint density at radius 3 is 2.68 bits per heavy atom. The maximum Gasteiger partial charge on any atom is 0.246 e. The first kappa shape index (κ1) is 17.4. The molecule has 0 aromatic heterocycles.